The lowest BCUT2D eigenvalue weighted by Gasteiger charge is -2.30. The molecule has 44 heavy (non-hydrogen) atoms. The van der Waals surface area contributed by atoms with Crippen LogP contribution in [-0.2, 0) is 27.5 Å². The Morgan fingerprint density at radius 3 is 2.36 bits per heavy atom. The zero-order chi connectivity index (χ0) is 31.5. The molecule has 1 saturated heterocycles. The minimum Gasteiger partial charge on any atom is -0.378 e. The number of unbranched alkanes of at least 4 members (excludes halogenated alkanes) is 1. The Bertz CT molecular complexity index is 1320. The van der Waals surface area contributed by atoms with E-state index in [4.69, 9.17) is 10.5 Å². The van der Waals surface area contributed by atoms with Crippen LogP contribution in [0.1, 0.15) is 68.7 Å². The average Bonchev–Trinajstić information content (AvgIpc) is 3.67. The van der Waals surface area contributed by atoms with E-state index in [1.807, 2.05) is 60.0 Å². The maximum absolute atomic E-state index is 13.3. The summed E-state index contributed by atoms with van der Waals surface area (Å²) >= 11 is 0. The summed E-state index contributed by atoms with van der Waals surface area (Å²) in [5.41, 5.74) is 7.77. The van der Waals surface area contributed by atoms with Gasteiger partial charge >= 0.3 is 0 Å². The third kappa shape index (κ3) is 9.46. The summed E-state index contributed by atoms with van der Waals surface area (Å²) in [5.74, 6) is -0.379. The van der Waals surface area contributed by atoms with E-state index in [0.717, 1.165) is 63.0 Å². The highest BCUT2D eigenvalue weighted by Gasteiger charge is 2.30. The van der Waals surface area contributed by atoms with Crippen molar-refractivity contribution in [2.75, 3.05) is 25.0 Å². The van der Waals surface area contributed by atoms with Crippen molar-refractivity contribution in [3.05, 3.63) is 83.8 Å². The number of ether oxygens (including phenoxy) is 1. The van der Waals surface area contributed by atoms with Crippen molar-refractivity contribution in [3.63, 3.8) is 0 Å². The first kappa shape index (κ1) is 33.3. The minimum absolute atomic E-state index is 0.0197. The molecule has 3 aromatic rings. The Morgan fingerprint density at radius 1 is 1.05 bits per heavy atom. The van der Waals surface area contributed by atoms with E-state index in [9.17, 15) is 14.7 Å². The van der Waals surface area contributed by atoms with Crippen molar-refractivity contribution in [2.45, 2.75) is 89.8 Å². The van der Waals surface area contributed by atoms with Crippen LogP contribution >= 0.6 is 0 Å². The predicted molar refractivity (Wildman–Crippen MR) is 172 cm³/mol. The fourth-order valence-electron chi connectivity index (χ4n) is 5.49. The summed E-state index contributed by atoms with van der Waals surface area (Å²) in [6, 6.07) is 19.0. The maximum Gasteiger partial charge on any atom is 0.250 e. The number of aryl methyl sites for hydroxylation is 1. The van der Waals surface area contributed by atoms with Crippen LogP contribution in [0.4, 0.5) is 5.82 Å². The van der Waals surface area contributed by atoms with Gasteiger partial charge in [-0.15, -0.1) is 0 Å². The number of nitrogens with one attached hydrogen (secondary N) is 2. The van der Waals surface area contributed by atoms with Crippen molar-refractivity contribution in [1.82, 2.24) is 19.8 Å². The number of nitrogens with two attached hydrogens (primary N) is 1. The van der Waals surface area contributed by atoms with Gasteiger partial charge in [0.25, 0.3) is 5.91 Å². The third-order valence-corrected chi connectivity index (χ3v) is 8.21. The van der Waals surface area contributed by atoms with Gasteiger partial charge in [-0.05, 0) is 57.6 Å². The largest absolute Gasteiger partial charge is 0.378 e. The molecule has 0 spiro atoms. The topological polar surface area (TPSA) is 135 Å². The number of nitrogens with zero attached hydrogens (tertiary/aromatic N) is 3. The zero-order valence-electron chi connectivity index (χ0n) is 26.2. The normalized spacial score (nSPS) is 15.9. The first-order chi connectivity index (χ1) is 21.1. The second-order valence-electron chi connectivity index (χ2n) is 12.3. The molecular weight excluding hydrogens is 556 g/mol. The number of anilines is 1. The van der Waals surface area contributed by atoms with E-state index in [1.165, 1.54) is 5.56 Å². The van der Waals surface area contributed by atoms with E-state index in [1.54, 1.807) is 20.2 Å². The average molecular weight is 605 g/mol. The zero-order valence-corrected chi connectivity index (χ0v) is 26.2. The van der Waals surface area contributed by atoms with E-state index < -0.39 is 29.6 Å². The van der Waals surface area contributed by atoms with Crippen LogP contribution in [0.25, 0.3) is 0 Å². The highest BCUT2D eigenvalue weighted by Crippen LogP contribution is 2.30. The maximum atomic E-state index is 13.3. The first-order valence-corrected chi connectivity index (χ1v) is 15.6. The van der Waals surface area contributed by atoms with Gasteiger partial charge < -0.3 is 30.8 Å². The fourth-order valence-corrected chi connectivity index (χ4v) is 5.49. The predicted octanol–water partition coefficient (Wildman–Crippen LogP) is 3.94. The number of aromatic nitrogens is 2. The van der Waals surface area contributed by atoms with E-state index in [0.29, 0.717) is 12.4 Å². The number of aliphatic hydroxyl groups is 1. The minimum atomic E-state index is -1.15. The van der Waals surface area contributed by atoms with Crippen molar-refractivity contribution < 1.29 is 19.4 Å². The monoisotopic (exact) mass is 604 g/mol. The van der Waals surface area contributed by atoms with Crippen LogP contribution < -0.4 is 16.4 Å². The Hall–Kier alpha value is -3.57. The number of carbonyl (C=O) groups excluding carboxylic acids is 2. The fraction of sp³-hybridized carbons (Fsp3) is 0.500. The molecule has 0 saturated carbocycles. The molecule has 2 amide bonds. The second-order valence-corrected chi connectivity index (χ2v) is 12.3. The molecule has 10 nitrogen and oxygen atoms in total. The SMILES string of the molecule is Cc1c(NC(=O)[C@@H](COCc2ccccc2)NC(=O)C(C)(C)N)ncn1CCCCC(c1ccccc1)C(O)N1CCCC1. The van der Waals surface area contributed by atoms with E-state index in [-0.39, 0.29) is 12.5 Å². The Kier molecular flexibility index (Phi) is 12.1. The van der Waals surface area contributed by atoms with Crippen LogP contribution in [-0.4, -0.2) is 68.9 Å². The highest BCUT2D eigenvalue weighted by atomic mass is 16.5. The third-order valence-electron chi connectivity index (χ3n) is 8.21. The number of amides is 2. The van der Waals surface area contributed by atoms with Gasteiger partial charge in [0.15, 0.2) is 5.82 Å². The molecule has 3 atom stereocenters. The molecule has 2 unspecified atom stereocenters. The number of benzene rings is 2. The van der Waals surface area contributed by atoms with Gasteiger partial charge in [0.1, 0.15) is 12.3 Å². The van der Waals surface area contributed by atoms with Crippen molar-refractivity contribution in [3.8, 4) is 0 Å². The van der Waals surface area contributed by atoms with Gasteiger partial charge in [0, 0.05) is 25.6 Å². The van der Waals surface area contributed by atoms with Crippen LogP contribution in [0, 0.1) is 6.92 Å². The molecule has 2 aromatic carbocycles. The molecule has 238 valence electrons. The van der Waals surface area contributed by atoms with Crippen LogP contribution in [0.5, 0.6) is 0 Å². The van der Waals surface area contributed by atoms with Crippen LogP contribution in [0.2, 0.25) is 0 Å². The standard InChI is InChI=1S/C34H48N6O4/c1-25-30(38-31(41)29(37-33(43)34(2,3)35)23-44-22-26-14-6-4-7-15-26)36-24-40(25)21-11-10-18-28(27-16-8-5-9-17-27)32(42)39-19-12-13-20-39/h4-9,14-17,24,28-29,32,42H,10-13,18-23,35H2,1-3H3,(H,37,43)(H,38,41)/t28?,29-,32?/m1/s1. The summed E-state index contributed by atoms with van der Waals surface area (Å²) < 4.78 is 7.81. The molecule has 0 aliphatic carbocycles. The molecule has 5 N–H and O–H groups in total. The lowest BCUT2D eigenvalue weighted by Crippen LogP contribution is -2.56. The number of aliphatic hydroxyl groups excluding tert-OH is 1. The second kappa shape index (κ2) is 15.9. The molecule has 4 rings (SSSR count). The Morgan fingerprint density at radius 2 is 1.70 bits per heavy atom. The molecule has 1 aliphatic rings. The molecular formula is C34H48N6O4. The van der Waals surface area contributed by atoms with Gasteiger partial charge in [-0.2, -0.15) is 0 Å². The molecule has 1 aromatic heterocycles. The summed E-state index contributed by atoms with van der Waals surface area (Å²) in [4.78, 5) is 32.6. The van der Waals surface area contributed by atoms with Crippen molar-refractivity contribution >= 4 is 17.6 Å². The lowest BCUT2D eigenvalue weighted by atomic mass is 9.91. The molecule has 1 fully saturated rings. The number of imidazole rings is 1. The molecule has 0 radical (unpaired) electrons. The summed E-state index contributed by atoms with van der Waals surface area (Å²) in [5, 5.41) is 16.8. The number of rotatable bonds is 16. The molecule has 10 heteroatoms. The lowest BCUT2D eigenvalue weighted by molar-refractivity contribution is -0.130. The number of hydrogen-bond donors (Lipinski definition) is 4. The van der Waals surface area contributed by atoms with Crippen LogP contribution in [0.15, 0.2) is 67.0 Å². The smallest absolute Gasteiger partial charge is 0.250 e. The van der Waals surface area contributed by atoms with Crippen molar-refractivity contribution in [1.29, 1.82) is 0 Å². The molecule has 1 aliphatic heterocycles. The number of likely N-dealkylation sites (tertiary alicyclic amines) is 1. The summed E-state index contributed by atoms with van der Waals surface area (Å²) in [6.07, 6.45) is 6.23. The number of carbonyl (C=O) groups is 2. The van der Waals surface area contributed by atoms with Gasteiger partial charge in [-0.3, -0.25) is 14.5 Å². The molecule has 2 heterocycles. The van der Waals surface area contributed by atoms with Gasteiger partial charge in [0.05, 0.1) is 30.8 Å². The van der Waals surface area contributed by atoms with Crippen LogP contribution in [0.3, 0.4) is 0 Å². The molecule has 0 bridgehead atoms. The van der Waals surface area contributed by atoms with Gasteiger partial charge in [-0.25, -0.2) is 4.98 Å². The summed E-state index contributed by atoms with van der Waals surface area (Å²) in [7, 11) is 0. The van der Waals surface area contributed by atoms with E-state index in [2.05, 4.69) is 32.7 Å². The van der Waals surface area contributed by atoms with Crippen molar-refractivity contribution in [2.24, 2.45) is 5.73 Å². The van der Waals surface area contributed by atoms with E-state index >= 15 is 0 Å². The van der Waals surface area contributed by atoms with Gasteiger partial charge in [-0.1, -0.05) is 67.1 Å². The number of hydrogen-bond acceptors (Lipinski definition) is 7. The van der Waals surface area contributed by atoms with Gasteiger partial charge in [0.2, 0.25) is 5.91 Å². The quantitative estimate of drug-likeness (QED) is 0.182. The highest BCUT2D eigenvalue weighted by molar-refractivity contribution is 5.98. The summed E-state index contributed by atoms with van der Waals surface area (Å²) in [6.45, 7) is 8.00. The Balaban J connectivity index is 1.32. The Labute approximate surface area is 261 Å². The first-order valence-electron chi connectivity index (χ1n) is 15.6.